The minimum absolute atomic E-state index is 0.177. The van der Waals surface area contributed by atoms with Crippen LogP contribution in [0.1, 0.15) is 21.5 Å². The van der Waals surface area contributed by atoms with E-state index in [0.717, 1.165) is 22.4 Å². The number of alkyl halides is 3. The molecule has 2 aromatic carbocycles. The van der Waals surface area contributed by atoms with E-state index < -0.39 is 12.1 Å². The number of H-pyrrole nitrogens is 1. The van der Waals surface area contributed by atoms with Gasteiger partial charge in [-0.15, -0.1) is 0 Å². The predicted octanol–water partition coefficient (Wildman–Crippen LogP) is 3.31. The number of halogens is 3. The second kappa shape index (κ2) is 11.1. The van der Waals surface area contributed by atoms with Crippen molar-refractivity contribution in [1.82, 2.24) is 20.3 Å². The Bertz CT molecular complexity index is 1290. The summed E-state index contributed by atoms with van der Waals surface area (Å²) in [6.07, 6.45) is -2.91. The molecule has 37 heavy (non-hydrogen) atoms. The van der Waals surface area contributed by atoms with Gasteiger partial charge in [0.25, 0.3) is 5.91 Å². The van der Waals surface area contributed by atoms with E-state index in [9.17, 15) is 22.8 Å². The molecule has 1 unspecified atom stereocenters. The molecule has 0 fully saturated rings. The second-order valence-electron chi connectivity index (χ2n) is 8.43. The molecule has 196 valence electrons. The van der Waals surface area contributed by atoms with E-state index in [2.05, 4.69) is 20.7 Å². The Morgan fingerprint density at radius 2 is 1.86 bits per heavy atom. The first-order valence-electron chi connectivity index (χ1n) is 10.9. The zero-order chi connectivity index (χ0) is 27.3. The van der Waals surface area contributed by atoms with Crippen LogP contribution in [0.3, 0.4) is 0 Å². The van der Waals surface area contributed by atoms with E-state index in [-0.39, 0.29) is 17.7 Å². The Labute approximate surface area is 209 Å². The number of aromatic nitrogens is 3. The Kier molecular flexibility index (Phi) is 8.15. The normalized spacial score (nSPS) is 14.4. The van der Waals surface area contributed by atoms with Gasteiger partial charge < -0.3 is 20.1 Å². The Balaban J connectivity index is 0.000000479. The number of carbonyl (C=O) groups is 3. The first-order chi connectivity index (χ1) is 17.4. The quantitative estimate of drug-likeness (QED) is 0.481. The maximum atomic E-state index is 13.0. The zero-order valence-electron chi connectivity index (χ0n) is 20.1. The molecule has 1 aromatic heterocycles. The number of aliphatic carboxylic acids is 1. The molecule has 3 N–H and O–H groups in total. The van der Waals surface area contributed by atoms with E-state index in [1.54, 1.807) is 38.5 Å². The number of carboxylic acids is 1. The topological polar surface area (TPSA) is 138 Å². The Hall–Kier alpha value is -4.42. The van der Waals surface area contributed by atoms with Crippen molar-refractivity contribution >= 4 is 23.5 Å². The Morgan fingerprint density at radius 1 is 1.16 bits per heavy atom. The molecule has 1 aliphatic rings. The summed E-state index contributed by atoms with van der Waals surface area (Å²) < 4.78 is 37.5. The lowest BCUT2D eigenvalue weighted by atomic mass is 9.94. The van der Waals surface area contributed by atoms with Crippen molar-refractivity contribution in [3.63, 3.8) is 0 Å². The molecule has 13 heteroatoms. The van der Waals surface area contributed by atoms with Gasteiger partial charge in [-0.25, -0.2) is 4.79 Å². The van der Waals surface area contributed by atoms with Crippen LogP contribution in [0.2, 0.25) is 0 Å². The maximum absolute atomic E-state index is 13.0. The molecule has 1 aliphatic heterocycles. The number of carboxylic acid groups (broad SMARTS) is 1. The van der Waals surface area contributed by atoms with Crippen molar-refractivity contribution in [2.75, 3.05) is 26.0 Å². The third-order valence-electron chi connectivity index (χ3n) is 5.36. The highest BCUT2D eigenvalue weighted by atomic mass is 19.4. The van der Waals surface area contributed by atoms with Crippen LogP contribution in [-0.4, -0.2) is 70.1 Å². The van der Waals surface area contributed by atoms with Crippen LogP contribution in [0, 0.1) is 12.8 Å². The number of fused-ring (bicyclic) bond motifs is 1. The number of nitrogens with one attached hydrogen (secondary N) is 2. The van der Waals surface area contributed by atoms with Gasteiger partial charge in [-0.3, -0.25) is 9.59 Å². The number of carbonyl (C=O) groups excluding carboxylic acids is 2. The third-order valence-corrected chi connectivity index (χ3v) is 5.36. The van der Waals surface area contributed by atoms with Crippen LogP contribution in [0.25, 0.3) is 11.3 Å². The molecule has 2 amide bonds. The molecular formula is C24H24F3N5O5. The largest absolute Gasteiger partial charge is 0.492 e. The molecule has 0 aliphatic carbocycles. The number of nitrogens with zero attached hydrogens (tertiary/aromatic N) is 3. The SMILES string of the molecule is Cc1ccc2c(c1)CC(C(=O)Nc1ccc(-c3cn[nH]n3)cc1C(=O)N(C)C)CO2.O=C(O)C(F)(F)F. The van der Waals surface area contributed by atoms with Gasteiger partial charge in [0.05, 0.1) is 23.4 Å². The summed E-state index contributed by atoms with van der Waals surface area (Å²) in [6, 6.07) is 11.2. The smallest absolute Gasteiger partial charge is 0.490 e. The number of rotatable bonds is 4. The highest BCUT2D eigenvalue weighted by molar-refractivity contribution is 6.05. The van der Waals surface area contributed by atoms with Gasteiger partial charge in [0.2, 0.25) is 5.91 Å². The number of aryl methyl sites for hydroxylation is 1. The van der Waals surface area contributed by atoms with Crippen molar-refractivity contribution in [2.24, 2.45) is 5.92 Å². The summed E-state index contributed by atoms with van der Waals surface area (Å²) >= 11 is 0. The van der Waals surface area contributed by atoms with Gasteiger partial charge in [0.1, 0.15) is 18.1 Å². The van der Waals surface area contributed by atoms with Gasteiger partial charge in [0, 0.05) is 19.7 Å². The van der Waals surface area contributed by atoms with Crippen LogP contribution in [0.15, 0.2) is 42.6 Å². The molecule has 10 nitrogen and oxygen atoms in total. The molecule has 0 bridgehead atoms. The third kappa shape index (κ3) is 6.84. The van der Waals surface area contributed by atoms with Gasteiger partial charge in [-0.1, -0.05) is 23.8 Å². The first kappa shape index (κ1) is 27.2. The molecule has 1 atom stereocenters. The minimum atomic E-state index is -5.08. The molecule has 4 rings (SSSR count). The van der Waals surface area contributed by atoms with Crippen LogP contribution in [-0.2, 0) is 16.0 Å². The van der Waals surface area contributed by atoms with E-state index in [4.69, 9.17) is 14.6 Å². The standard InChI is InChI=1S/C22H23N5O3.C2HF3O2/c1-13-4-7-20-15(8-13)9-16(12-30-20)21(28)24-18-6-5-14(19-11-23-26-25-19)10-17(18)22(29)27(2)3;3-2(4,5)1(6)7/h4-8,10-11,16H,9,12H2,1-3H3,(H,24,28)(H,23,25,26);(H,6,7). The minimum Gasteiger partial charge on any atom is -0.492 e. The average molecular weight is 519 g/mol. The molecule has 3 aromatic rings. The summed E-state index contributed by atoms with van der Waals surface area (Å²) in [7, 11) is 3.34. The van der Waals surface area contributed by atoms with Gasteiger partial charge in [0.15, 0.2) is 0 Å². The van der Waals surface area contributed by atoms with Crippen LogP contribution >= 0.6 is 0 Å². The maximum Gasteiger partial charge on any atom is 0.490 e. The summed E-state index contributed by atoms with van der Waals surface area (Å²) in [5.74, 6) is -2.66. The fourth-order valence-electron chi connectivity index (χ4n) is 3.50. The van der Waals surface area contributed by atoms with Crippen molar-refractivity contribution in [3.05, 3.63) is 59.3 Å². The molecule has 0 spiro atoms. The number of hydrogen-bond acceptors (Lipinski definition) is 6. The summed E-state index contributed by atoms with van der Waals surface area (Å²) in [4.78, 5) is 36.1. The summed E-state index contributed by atoms with van der Waals surface area (Å²) in [5, 5.41) is 20.5. The second-order valence-corrected chi connectivity index (χ2v) is 8.43. The van der Waals surface area contributed by atoms with Crippen LogP contribution < -0.4 is 10.1 Å². The number of aromatic amines is 1. The Morgan fingerprint density at radius 3 is 2.46 bits per heavy atom. The van der Waals surface area contributed by atoms with E-state index in [1.807, 2.05) is 25.1 Å². The number of hydrogen-bond donors (Lipinski definition) is 3. The predicted molar refractivity (Wildman–Crippen MR) is 126 cm³/mol. The number of anilines is 1. The van der Waals surface area contributed by atoms with Gasteiger partial charge >= 0.3 is 12.1 Å². The summed E-state index contributed by atoms with van der Waals surface area (Å²) in [6.45, 7) is 2.31. The number of benzene rings is 2. The first-order valence-corrected chi connectivity index (χ1v) is 10.9. The van der Waals surface area contributed by atoms with Crippen molar-refractivity contribution in [3.8, 4) is 17.0 Å². The van der Waals surface area contributed by atoms with Gasteiger partial charge in [-0.05, 0) is 37.1 Å². The molecule has 0 saturated carbocycles. The number of amides is 2. The molecular weight excluding hydrogens is 495 g/mol. The average Bonchev–Trinajstić information content (AvgIpc) is 3.38. The van der Waals surface area contributed by atoms with Crippen molar-refractivity contribution in [2.45, 2.75) is 19.5 Å². The van der Waals surface area contributed by atoms with Crippen LogP contribution in [0.5, 0.6) is 5.75 Å². The van der Waals surface area contributed by atoms with E-state index >= 15 is 0 Å². The lowest BCUT2D eigenvalue weighted by molar-refractivity contribution is -0.192. The highest BCUT2D eigenvalue weighted by Crippen LogP contribution is 2.30. The zero-order valence-corrected chi connectivity index (χ0v) is 20.1. The monoisotopic (exact) mass is 519 g/mol. The van der Waals surface area contributed by atoms with E-state index in [0.29, 0.717) is 30.0 Å². The van der Waals surface area contributed by atoms with Crippen molar-refractivity contribution < 1.29 is 37.4 Å². The summed E-state index contributed by atoms with van der Waals surface area (Å²) in [5.41, 5.74) is 4.35. The molecule has 0 saturated heterocycles. The molecule has 0 radical (unpaired) electrons. The van der Waals surface area contributed by atoms with E-state index in [1.165, 1.54) is 4.90 Å². The molecule has 2 heterocycles. The van der Waals surface area contributed by atoms with Crippen molar-refractivity contribution in [1.29, 1.82) is 0 Å². The number of ether oxygens (including phenoxy) is 1. The fourth-order valence-corrected chi connectivity index (χ4v) is 3.50. The lowest BCUT2D eigenvalue weighted by Crippen LogP contribution is -2.33. The fraction of sp³-hybridized carbons (Fsp3) is 0.292. The lowest BCUT2D eigenvalue weighted by Gasteiger charge is -2.25. The highest BCUT2D eigenvalue weighted by Gasteiger charge is 2.38. The van der Waals surface area contributed by atoms with Crippen LogP contribution in [0.4, 0.5) is 18.9 Å². The van der Waals surface area contributed by atoms with Gasteiger partial charge in [-0.2, -0.15) is 28.6 Å².